The van der Waals surface area contributed by atoms with Gasteiger partial charge in [0.1, 0.15) is 5.69 Å². The molecule has 1 saturated heterocycles. The van der Waals surface area contributed by atoms with Crippen LogP contribution in [0.25, 0.3) is 10.9 Å². The van der Waals surface area contributed by atoms with Gasteiger partial charge in [-0.05, 0) is 81.6 Å². The molecule has 2 heterocycles. The van der Waals surface area contributed by atoms with E-state index in [1.165, 1.54) is 24.3 Å². The van der Waals surface area contributed by atoms with E-state index >= 15 is 0 Å². The van der Waals surface area contributed by atoms with Gasteiger partial charge >= 0.3 is 12.1 Å². The van der Waals surface area contributed by atoms with Crippen LogP contribution >= 0.6 is 0 Å². The Morgan fingerprint density at radius 3 is 2.35 bits per heavy atom. The van der Waals surface area contributed by atoms with Crippen molar-refractivity contribution >= 4 is 26.9 Å². The van der Waals surface area contributed by atoms with Gasteiger partial charge in [-0.1, -0.05) is 17.7 Å². The lowest BCUT2D eigenvalue weighted by molar-refractivity contribution is -0.138. The van der Waals surface area contributed by atoms with Gasteiger partial charge in [-0.25, -0.2) is 17.2 Å². The molecule has 0 amide bonds. The molecule has 0 unspecified atom stereocenters. The molecule has 6 nitrogen and oxygen atoms in total. The van der Waals surface area contributed by atoms with E-state index in [4.69, 9.17) is 4.74 Å². The first-order valence-corrected chi connectivity index (χ1v) is 12.4. The first-order chi connectivity index (χ1) is 16.0. The number of aromatic nitrogens is 1. The summed E-state index contributed by atoms with van der Waals surface area (Å²) in [4.78, 5) is 12.6. The predicted octanol–water partition coefficient (Wildman–Crippen LogP) is 4.85. The number of hydrogen-bond acceptors (Lipinski definition) is 5. The van der Waals surface area contributed by atoms with Gasteiger partial charge in [-0.2, -0.15) is 13.2 Å². The van der Waals surface area contributed by atoms with Crippen LogP contribution in [0.3, 0.4) is 0 Å². The predicted molar refractivity (Wildman–Crippen MR) is 122 cm³/mol. The molecule has 4 rings (SSSR count). The monoisotopic (exact) mass is 494 g/mol. The first-order valence-electron chi connectivity index (χ1n) is 11.0. The van der Waals surface area contributed by atoms with Gasteiger partial charge in [0.15, 0.2) is 0 Å². The minimum Gasteiger partial charge on any atom is -0.461 e. The number of carbonyl (C=O) groups excluding carboxylic acids is 1. The summed E-state index contributed by atoms with van der Waals surface area (Å²) in [5, 5.41) is 3.37. The second-order valence-corrected chi connectivity index (χ2v) is 10.1. The van der Waals surface area contributed by atoms with Crippen molar-refractivity contribution in [2.45, 2.75) is 43.7 Å². The van der Waals surface area contributed by atoms with Crippen LogP contribution in [-0.2, 0) is 20.9 Å². The average molecular weight is 495 g/mol. The number of rotatable bonds is 5. The van der Waals surface area contributed by atoms with Crippen LogP contribution < -0.4 is 5.32 Å². The lowest BCUT2D eigenvalue weighted by Gasteiger charge is -2.26. The van der Waals surface area contributed by atoms with E-state index in [1.807, 2.05) is 0 Å². The highest BCUT2D eigenvalue weighted by molar-refractivity contribution is 7.90. The third-order valence-electron chi connectivity index (χ3n) is 6.06. The van der Waals surface area contributed by atoms with E-state index in [-0.39, 0.29) is 39.6 Å². The van der Waals surface area contributed by atoms with Crippen molar-refractivity contribution in [3.8, 4) is 0 Å². The van der Waals surface area contributed by atoms with E-state index < -0.39 is 27.7 Å². The van der Waals surface area contributed by atoms with Gasteiger partial charge in [-0.3, -0.25) is 0 Å². The highest BCUT2D eigenvalue weighted by Gasteiger charge is 2.38. The van der Waals surface area contributed by atoms with Crippen LogP contribution in [0.1, 0.15) is 52.9 Å². The van der Waals surface area contributed by atoms with Gasteiger partial charge in [0, 0.05) is 5.39 Å². The van der Waals surface area contributed by atoms with Crippen molar-refractivity contribution < 1.29 is 31.1 Å². The van der Waals surface area contributed by atoms with Crippen LogP contribution in [0.2, 0.25) is 0 Å². The SMILES string of the molecule is CCOC(=O)c1cc2cc(C3CCNCC3)c(C(F)(F)F)cc2n1S(=O)(=O)c1ccc(C)cc1. The summed E-state index contributed by atoms with van der Waals surface area (Å²) in [5.74, 6) is -1.25. The van der Waals surface area contributed by atoms with Crippen LogP contribution in [0, 0.1) is 6.92 Å². The third-order valence-corrected chi connectivity index (χ3v) is 7.80. The molecule has 0 radical (unpaired) electrons. The number of benzene rings is 2. The highest BCUT2D eigenvalue weighted by Crippen LogP contribution is 2.41. The van der Waals surface area contributed by atoms with Gasteiger partial charge < -0.3 is 10.1 Å². The molecule has 10 heteroatoms. The minimum atomic E-state index is -4.69. The normalized spacial score (nSPS) is 15.6. The maximum absolute atomic E-state index is 14.1. The maximum Gasteiger partial charge on any atom is 0.416 e. The summed E-state index contributed by atoms with van der Waals surface area (Å²) in [6.07, 6.45) is -3.63. The lowest BCUT2D eigenvalue weighted by atomic mass is 9.86. The van der Waals surface area contributed by atoms with Crippen molar-refractivity contribution in [2.24, 2.45) is 0 Å². The summed E-state index contributed by atoms with van der Waals surface area (Å²) >= 11 is 0. The fraction of sp³-hybridized carbons (Fsp3) is 0.375. The Morgan fingerprint density at radius 1 is 1.12 bits per heavy atom. The van der Waals surface area contributed by atoms with Crippen molar-refractivity contribution in [1.29, 1.82) is 0 Å². The van der Waals surface area contributed by atoms with Crippen molar-refractivity contribution in [3.05, 3.63) is 64.8 Å². The Kier molecular flexibility index (Phi) is 6.48. The number of nitrogens with zero attached hydrogens (tertiary/aromatic N) is 1. The number of ether oxygens (including phenoxy) is 1. The molecule has 1 aromatic heterocycles. The largest absolute Gasteiger partial charge is 0.461 e. The highest BCUT2D eigenvalue weighted by atomic mass is 32.2. The Labute approximate surface area is 195 Å². The zero-order chi connectivity index (χ0) is 24.7. The molecule has 0 saturated carbocycles. The number of halogens is 3. The van der Waals surface area contributed by atoms with Gasteiger partial charge in [0.2, 0.25) is 0 Å². The minimum absolute atomic E-state index is 0.0148. The fourth-order valence-corrected chi connectivity index (χ4v) is 5.88. The fourth-order valence-electron chi connectivity index (χ4n) is 4.39. The van der Waals surface area contributed by atoms with E-state index in [1.54, 1.807) is 26.0 Å². The molecular formula is C24H25F3N2O4S. The first kappa shape index (κ1) is 24.3. The smallest absolute Gasteiger partial charge is 0.416 e. The standard InChI is InChI=1S/C24H25F3N2O4S/c1-3-33-23(30)22-13-17-12-19(16-8-10-28-11-9-16)20(24(25,26)27)14-21(17)29(22)34(31,32)18-6-4-15(2)5-7-18/h4-7,12-14,16,28H,3,8-11H2,1-2H3. The Bertz CT molecular complexity index is 1320. The molecule has 34 heavy (non-hydrogen) atoms. The van der Waals surface area contributed by atoms with Crippen LogP contribution in [0.5, 0.6) is 0 Å². The molecule has 1 N–H and O–H groups in total. The molecule has 0 atom stereocenters. The van der Waals surface area contributed by atoms with Crippen molar-refractivity contribution in [2.75, 3.05) is 19.7 Å². The summed E-state index contributed by atoms with van der Waals surface area (Å²) in [7, 11) is -4.39. The second-order valence-electron chi connectivity index (χ2n) is 8.35. The molecule has 1 fully saturated rings. The molecule has 1 aliphatic rings. The Hall–Kier alpha value is -2.85. The number of nitrogens with one attached hydrogen (secondary N) is 1. The third kappa shape index (κ3) is 4.44. The lowest BCUT2D eigenvalue weighted by Crippen LogP contribution is -2.28. The molecule has 3 aromatic rings. The topological polar surface area (TPSA) is 77.4 Å². The Balaban J connectivity index is 2.02. The number of esters is 1. The van der Waals surface area contributed by atoms with Crippen molar-refractivity contribution in [3.63, 3.8) is 0 Å². The zero-order valence-corrected chi connectivity index (χ0v) is 19.6. The molecule has 2 aromatic carbocycles. The van der Waals surface area contributed by atoms with E-state index in [0.717, 1.165) is 11.6 Å². The van der Waals surface area contributed by atoms with Crippen molar-refractivity contribution in [1.82, 2.24) is 9.29 Å². The zero-order valence-electron chi connectivity index (χ0n) is 18.8. The summed E-state index contributed by atoms with van der Waals surface area (Å²) < 4.78 is 75.3. The van der Waals surface area contributed by atoms with Gasteiger partial charge in [0.25, 0.3) is 10.0 Å². The summed E-state index contributed by atoms with van der Waals surface area (Å²) in [6.45, 7) is 4.52. The van der Waals surface area contributed by atoms with E-state index in [0.29, 0.717) is 29.9 Å². The summed E-state index contributed by atoms with van der Waals surface area (Å²) in [6, 6.07) is 9.40. The number of piperidine rings is 1. The molecule has 0 bridgehead atoms. The number of carbonyl (C=O) groups is 1. The van der Waals surface area contributed by atoms with Gasteiger partial charge in [0.05, 0.1) is 22.6 Å². The molecule has 1 aliphatic heterocycles. The van der Waals surface area contributed by atoms with E-state index in [9.17, 15) is 26.4 Å². The molecular weight excluding hydrogens is 469 g/mol. The number of fused-ring (bicyclic) bond motifs is 1. The van der Waals surface area contributed by atoms with Crippen LogP contribution in [-0.4, -0.2) is 38.1 Å². The molecule has 0 spiro atoms. The molecule has 0 aliphatic carbocycles. The van der Waals surface area contributed by atoms with Crippen LogP contribution in [0.4, 0.5) is 13.2 Å². The quantitative estimate of drug-likeness (QED) is 0.513. The van der Waals surface area contributed by atoms with E-state index in [2.05, 4.69) is 5.32 Å². The average Bonchev–Trinajstić information content (AvgIpc) is 3.18. The van der Waals surface area contributed by atoms with Crippen LogP contribution in [0.15, 0.2) is 47.4 Å². The number of alkyl halides is 3. The van der Waals surface area contributed by atoms with Gasteiger partial charge in [-0.15, -0.1) is 0 Å². The maximum atomic E-state index is 14.1. The number of aryl methyl sites for hydroxylation is 1. The number of hydrogen-bond donors (Lipinski definition) is 1. The molecule has 182 valence electrons. The second kappa shape index (κ2) is 9.07. The Morgan fingerprint density at radius 2 is 1.76 bits per heavy atom. The summed E-state index contributed by atoms with van der Waals surface area (Å²) in [5.41, 5.74) is -0.517.